The average Bonchev–Trinajstić information content (AvgIpc) is 2.98. The molecule has 1 aromatic heterocycles. The molecule has 2 aliphatic rings. The van der Waals surface area contributed by atoms with Gasteiger partial charge in [0.15, 0.2) is 9.84 Å². The maximum atomic E-state index is 12.8. The number of ether oxygens (including phenoxy) is 1. The van der Waals surface area contributed by atoms with E-state index in [2.05, 4.69) is 53.4 Å². The van der Waals surface area contributed by atoms with Crippen LogP contribution in [0.2, 0.25) is 0 Å². The highest BCUT2D eigenvalue weighted by Crippen LogP contribution is 2.34. The van der Waals surface area contributed by atoms with Crippen LogP contribution in [-0.4, -0.2) is 97.9 Å². The number of hydrogen-bond donors (Lipinski definition) is 2. The maximum absolute atomic E-state index is 12.8. The van der Waals surface area contributed by atoms with E-state index < -0.39 is 15.1 Å². The first kappa shape index (κ1) is 29.0. The fourth-order valence-corrected chi connectivity index (χ4v) is 6.62. The summed E-state index contributed by atoms with van der Waals surface area (Å²) in [7, 11) is 0.396. The zero-order valence-corrected chi connectivity index (χ0v) is 25.1. The van der Waals surface area contributed by atoms with Gasteiger partial charge in [-0.1, -0.05) is 12.1 Å². The van der Waals surface area contributed by atoms with Gasteiger partial charge in [-0.3, -0.25) is 4.90 Å². The van der Waals surface area contributed by atoms with Crippen LogP contribution < -0.4 is 20.3 Å². The van der Waals surface area contributed by atoms with Crippen molar-refractivity contribution in [3.8, 4) is 5.75 Å². The number of sulfone groups is 1. The zero-order valence-electron chi connectivity index (χ0n) is 24.2. The van der Waals surface area contributed by atoms with Gasteiger partial charge in [0.25, 0.3) is 0 Å². The molecule has 41 heavy (non-hydrogen) atoms. The summed E-state index contributed by atoms with van der Waals surface area (Å²) >= 11 is 0. The fourth-order valence-electron chi connectivity index (χ4n) is 5.41. The Balaban J connectivity index is 1.25. The quantitative estimate of drug-likeness (QED) is 0.385. The molecule has 2 aromatic carbocycles. The molecule has 0 bridgehead atoms. The molecule has 2 N–H and O–H groups in total. The summed E-state index contributed by atoms with van der Waals surface area (Å²) in [6.07, 6.45) is 3.68. The van der Waals surface area contributed by atoms with Gasteiger partial charge in [0.1, 0.15) is 12.1 Å². The molecule has 3 heterocycles. The highest BCUT2D eigenvalue weighted by atomic mass is 32.2. The number of hydrogen-bond acceptors (Lipinski definition) is 11. The van der Waals surface area contributed by atoms with Gasteiger partial charge >= 0.3 is 0 Å². The number of piperidine rings is 1. The van der Waals surface area contributed by atoms with Crippen LogP contribution in [-0.2, 0) is 9.84 Å². The van der Waals surface area contributed by atoms with Crippen LogP contribution in [0.3, 0.4) is 0 Å². The van der Waals surface area contributed by atoms with E-state index in [0.29, 0.717) is 17.7 Å². The Bertz CT molecular complexity index is 1440. The molecule has 2 saturated heterocycles. The van der Waals surface area contributed by atoms with Gasteiger partial charge in [-0.25, -0.2) is 18.4 Å². The van der Waals surface area contributed by atoms with Crippen molar-refractivity contribution in [2.45, 2.75) is 42.9 Å². The lowest BCUT2D eigenvalue weighted by Gasteiger charge is -2.42. The van der Waals surface area contributed by atoms with Crippen molar-refractivity contribution in [2.24, 2.45) is 0 Å². The number of para-hydroxylation sites is 1. The molecular formula is C29H40N8O3S. The first-order valence-corrected chi connectivity index (χ1v) is 15.7. The third-order valence-corrected chi connectivity index (χ3v) is 10.1. The van der Waals surface area contributed by atoms with Crippen LogP contribution in [0.4, 0.5) is 29.0 Å². The van der Waals surface area contributed by atoms with E-state index in [1.165, 1.54) is 6.33 Å². The van der Waals surface area contributed by atoms with Crippen LogP contribution in [0.5, 0.6) is 5.75 Å². The number of aromatic nitrogens is 3. The Morgan fingerprint density at radius 2 is 1.61 bits per heavy atom. The van der Waals surface area contributed by atoms with Crippen molar-refractivity contribution in [2.75, 3.05) is 69.0 Å². The lowest BCUT2D eigenvalue weighted by molar-refractivity contribution is 0.0981. The molecule has 0 atom stereocenters. The van der Waals surface area contributed by atoms with E-state index in [1.807, 2.05) is 12.1 Å². The van der Waals surface area contributed by atoms with Gasteiger partial charge in [-0.15, -0.1) is 0 Å². The molecule has 0 radical (unpaired) electrons. The maximum Gasteiger partial charge on any atom is 0.232 e. The molecule has 0 aliphatic carbocycles. The van der Waals surface area contributed by atoms with Crippen LogP contribution >= 0.6 is 0 Å². The lowest BCUT2D eigenvalue weighted by Crippen LogP contribution is -2.52. The predicted molar refractivity (Wildman–Crippen MR) is 162 cm³/mol. The third kappa shape index (κ3) is 6.71. The van der Waals surface area contributed by atoms with E-state index in [9.17, 15) is 8.42 Å². The second-order valence-electron chi connectivity index (χ2n) is 10.9. The zero-order chi connectivity index (χ0) is 29.0. The van der Waals surface area contributed by atoms with Crippen LogP contribution in [0.1, 0.15) is 26.7 Å². The summed E-state index contributed by atoms with van der Waals surface area (Å²) in [5.74, 6) is 1.35. The van der Waals surface area contributed by atoms with E-state index in [0.717, 1.165) is 69.2 Å². The van der Waals surface area contributed by atoms with Crippen molar-refractivity contribution < 1.29 is 13.2 Å². The Hall–Kier alpha value is -3.48. The average molecular weight is 581 g/mol. The predicted octanol–water partition coefficient (Wildman–Crippen LogP) is 3.77. The molecule has 220 valence electrons. The minimum absolute atomic E-state index is 0.206. The smallest absolute Gasteiger partial charge is 0.232 e. The van der Waals surface area contributed by atoms with E-state index in [-0.39, 0.29) is 10.8 Å². The summed E-state index contributed by atoms with van der Waals surface area (Å²) < 4.78 is 31.4. The number of likely N-dealkylation sites (N-methyl/N-ethyl adjacent to an activating group) is 1. The molecular weight excluding hydrogens is 540 g/mol. The second kappa shape index (κ2) is 12.6. The topological polar surface area (TPSA) is 116 Å². The number of piperazine rings is 1. The molecule has 0 saturated carbocycles. The number of anilines is 5. The number of rotatable bonds is 9. The van der Waals surface area contributed by atoms with Gasteiger partial charge in [-0.2, -0.15) is 4.98 Å². The number of nitrogens with zero attached hydrogens (tertiary/aromatic N) is 6. The summed E-state index contributed by atoms with van der Waals surface area (Å²) in [5, 5.41) is 5.71. The first-order chi connectivity index (χ1) is 19.7. The van der Waals surface area contributed by atoms with Gasteiger partial charge < -0.3 is 25.2 Å². The largest absolute Gasteiger partial charge is 0.495 e. The van der Waals surface area contributed by atoms with Gasteiger partial charge in [-0.05, 0) is 58.0 Å². The summed E-state index contributed by atoms with van der Waals surface area (Å²) in [6.45, 7) is 9.92. The Morgan fingerprint density at radius 1 is 0.927 bits per heavy atom. The first-order valence-electron chi connectivity index (χ1n) is 14.2. The van der Waals surface area contributed by atoms with E-state index in [1.54, 1.807) is 45.2 Å². The van der Waals surface area contributed by atoms with E-state index in [4.69, 9.17) is 4.74 Å². The van der Waals surface area contributed by atoms with Gasteiger partial charge in [0.05, 0.1) is 28.6 Å². The molecule has 0 amide bonds. The summed E-state index contributed by atoms with van der Waals surface area (Å²) in [4.78, 5) is 20.6. The van der Waals surface area contributed by atoms with Crippen molar-refractivity contribution in [3.63, 3.8) is 0 Å². The molecule has 12 heteroatoms. The van der Waals surface area contributed by atoms with Crippen molar-refractivity contribution in [3.05, 3.63) is 48.8 Å². The van der Waals surface area contributed by atoms with Gasteiger partial charge in [0.2, 0.25) is 11.9 Å². The fraction of sp³-hybridized carbons (Fsp3) is 0.483. The number of benzene rings is 2. The standard InChI is InChI=1S/C29H40N8O3S/c1-21(2)41(38,39)27-8-6-5-7-24(27)33-29-31-20-30-28(34-29)32-22-9-10-25(26(19-22)40-4)37-13-11-23(12-14-37)36-17-15-35(3)16-18-36/h5-10,19-21,23H,11-18H2,1-4H3,(H2,30,31,32,33,34). The molecule has 3 aromatic rings. The minimum atomic E-state index is -3.49. The minimum Gasteiger partial charge on any atom is -0.495 e. The van der Waals surface area contributed by atoms with E-state index >= 15 is 0 Å². The van der Waals surface area contributed by atoms with Crippen LogP contribution in [0, 0.1) is 0 Å². The number of nitrogens with one attached hydrogen (secondary N) is 2. The molecule has 2 aliphatic heterocycles. The second-order valence-corrected chi connectivity index (χ2v) is 13.4. The highest BCUT2D eigenvalue weighted by Gasteiger charge is 2.28. The normalized spacial score (nSPS) is 17.5. The number of methoxy groups -OCH3 is 1. The monoisotopic (exact) mass is 580 g/mol. The van der Waals surface area contributed by atoms with Crippen molar-refractivity contribution in [1.29, 1.82) is 0 Å². The molecule has 5 rings (SSSR count). The van der Waals surface area contributed by atoms with Crippen LogP contribution in [0.25, 0.3) is 0 Å². The summed E-state index contributed by atoms with van der Waals surface area (Å²) in [6, 6.07) is 13.4. The SMILES string of the molecule is COc1cc(Nc2ncnc(Nc3ccccc3S(=O)(=O)C(C)C)n2)ccc1N1CCC(N2CCN(C)CC2)CC1. The summed E-state index contributed by atoms with van der Waals surface area (Å²) in [5.41, 5.74) is 2.27. The lowest BCUT2D eigenvalue weighted by atomic mass is 10.0. The highest BCUT2D eigenvalue weighted by molar-refractivity contribution is 7.92. The van der Waals surface area contributed by atoms with Crippen molar-refractivity contribution in [1.82, 2.24) is 24.8 Å². The molecule has 0 unspecified atom stereocenters. The van der Waals surface area contributed by atoms with Crippen LogP contribution in [0.15, 0.2) is 53.7 Å². The molecule has 0 spiro atoms. The van der Waals surface area contributed by atoms with Crippen molar-refractivity contribution >= 4 is 38.8 Å². The third-order valence-electron chi connectivity index (χ3n) is 7.93. The Labute approximate surface area is 242 Å². The molecule has 2 fully saturated rings. The van der Waals surface area contributed by atoms with Gasteiger partial charge in [0, 0.05) is 57.1 Å². The molecule has 11 nitrogen and oxygen atoms in total. The Kier molecular flexibility index (Phi) is 8.91. The Morgan fingerprint density at radius 3 is 2.29 bits per heavy atom.